The van der Waals surface area contributed by atoms with E-state index in [0.717, 1.165) is 11.3 Å². The molecule has 24 heavy (non-hydrogen) atoms. The van der Waals surface area contributed by atoms with Gasteiger partial charge in [-0.3, -0.25) is 10.1 Å². The van der Waals surface area contributed by atoms with Crippen LogP contribution >= 0.6 is 0 Å². The molecule has 0 amide bonds. The molecule has 2 N–H and O–H groups in total. The molecule has 2 aromatic rings. The zero-order chi connectivity index (χ0) is 17.5. The molecule has 0 saturated carbocycles. The van der Waals surface area contributed by atoms with Crippen molar-refractivity contribution in [2.75, 3.05) is 6.54 Å². The lowest BCUT2D eigenvalue weighted by atomic mass is 10.1. The van der Waals surface area contributed by atoms with Crippen LogP contribution in [0.15, 0.2) is 48.5 Å². The largest absolute Gasteiger partial charge is 0.491 e. The zero-order valence-electron chi connectivity index (χ0n) is 13.8. The highest BCUT2D eigenvalue weighted by molar-refractivity contribution is 5.39. The van der Waals surface area contributed by atoms with E-state index < -0.39 is 11.0 Å². The number of hydrogen-bond donors (Lipinski definition) is 2. The van der Waals surface area contributed by atoms with Gasteiger partial charge in [-0.15, -0.1) is 0 Å². The maximum absolute atomic E-state index is 11.0. The fourth-order valence-electron chi connectivity index (χ4n) is 2.34. The van der Waals surface area contributed by atoms with Gasteiger partial charge >= 0.3 is 0 Å². The lowest BCUT2D eigenvalue weighted by Crippen LogP contribution is -2.21. The number of benzene rings is 2. The van der Waals surface area contributed by atoms with Gasteiger partial charge in [-0.1, -0.05) is 30.3 Å². The Balaban J connectivity index is 1.89. The molecule has 2 rings (SSSR count). The van der Waals surface area contributed by atoms with Crippen LogP contribution in [0.25, 0.3) is 0 Å². The van der Waals surface area contributed by atoms with Crippen molar-refractivity contribution < 1.29 is 14.8 Å². The first kappa shape index (κ1) is 17.9. The van der Waals surface area contributed by atoms with Crippen LogP contribution in [0.3, 0.4) is 0 Å². The van der Waals surface area contributed by atoms with E-state index in [0.29, 0.717) is 18.7 Å². The van der Waals surface area contributed by atoms with E-state index in [1.165, 1.54) is 6.07 Å². The first-order valence-corrected chi connectivity index (χ1v) is 7.85. The maximum Gasteiger partial charge on any atom is 0.273 e. The summed E-state index contributed by atoms with van der Waals surface area (Å²) in [5, 5.41) is 24.2. The van der Waals surface area contributed by atoms with Crippen molar-refractivity contribution in [3.63, 3.8) is 0 Å². The molecule has 0 aliphatic carbocycles. The van der Waals surface area contributed by atoms with Crippen LogP contribution in [0, 0.1) is 10.1 Å². The number of hydrogen-bond acceptors (Lipinski definition) is 5. The second-order valence-corrected chi connectivity index (χ2v) is 5.77. The van der Waals surface area contributed by atoms with E-state index in [1.807, 2.05) is 38.1 Å². The minimum absolute atomic E-state index is 0.0784. The van der Waals surface area contributed by atoms with Crippen LogP contribution in [-0.2, 0) is 6.54 Å². The van der Waals surface area contributed by atoms with Crippen molar-refractivity contribution in [1.82, 2.24) is 5.32 Å². The van der Waals surface area contributed by atoms with Crippen LogP contribution in [0.4, 0.5) is 5.69 Å². The average Bonchev–Trinajstić information content (AvgIpc) is 2.55. The number of ether oxygens (including phenoxy) is 1. The second kappa shape index (κ2) is 8.42. The summed E-state index contributed by atoms with van der Waals surface area (Å²) in [7, 11) is 0. The van der Waals surface area contributed by atoms with Crippen LogP contribution in [0.1, 0.15) is 31.1 Å². The van der Waals surface area contributed by atoms with Crippen molar-refractivity contribution >= 4 is 5.69 Å². The van der Waals surface area contributed by atoms with Gasteiger partial charge in [0.1, 0.15) is 5.75 Å². The summed E-state index contributed by atoms with van der Waals surface area (Å²) in [5.74, 6) is 0.758. The lowest BCUT2D eigenvalue weighted by molar-refractivity contribution is -0.385. The molecule has 0 aliphatic rings. The predicted octanol–water partition coefficient (Wildman–Crippen LogP) is 3.21. The van der Waals surface area contributed by atoms with Gasteiger partial charge in [0.05, 0.1) is 17.1 Å². The first-order chi connectivity index (χ1) is 11.5. The molecule has 6 nitrogen and oxygen atoms in total. The third-order valence-corrected chi connectivity index (χ3v) is 3.48. The molecule has 2 aromatic carbocycles. The fourth-order valence-corrected chi connectivity index (χ4v) is 2.34. The number of aliphatic hydroxyl groups excluding tert-OH is 1. The van der Waals surface area contributed by atoms with Gasteiger partial charge in [0.15, 0.2) is 0 Å². The number of nitrogens with zero attached hydrogens (tertiary/aromatic N) is 1. The smallest absolute Gasteiger partial charge is 0.273 e. The average molecular weight is 330 g/mol. The van der Waals surface area contributed by atoms with Gasteiger partial charge in [-0.25, -0.2) is 0 Å². The highest BCUT2D eigenvalue weighted by Gasteiger charge is 2.13. The summed E-state index contributed by atoms with van der Waals surface area (Å²) in [6.07, 6.45) is -0.593. The van der Waals surface area contributed by atoms with Crippen molar-refractivity contribution in [3.05, 3.63) is 69.8 Å². The molecule has 0 aliphatic heterocycles. The van der Waals surface area contributed by atoms with E-state index in [-0.39, 0.29) is 11.8 Å². The Hall–Kier alpha value is -2.44. The molecule has 0 bridgehead atoms. The number of nitro groups is 1. The lowest BCUT2D eigenvalue weighted by Gasteiger charge is -2.14. The second-order valence-electron chi connectivity index (χ2n) is 5.77. The van der Waals surface area contributed by atoms with Crippen LogP contribution in [-0.4, -0.2) is 22.7 Å². The summed E-state index contributed by atoms with van der Waals surface area (Å²) in [4.78, 5) is 10.6. The Kier molecular flexibility index (Phi) is 6.28. The van der Waals surface area contributed by atoms with Gasteiger partial charge in [0.25, 0.3) is 5.69 Å². The summed E-state index contributed by atoms with van der Waals surface area (Å²) >= 11 is 0. The minimum Gasteiger partial charge on any atom is -0.491 e. The third kappa shape index (κ3) is 5.04. The SMILES string of the molecule is CC(C)Oc1ccc(C(O)CNCc2ccccc2[N+](=O)[O-])cc1. The van der Waals surface area contributed by atoms with E-state index in [2.05, 4.69) is 5.32 Å². The maximum atomic E-state index is 11.0. The third-order valence-electron chi connectivity index (χ3n) is 3.48. The number of rotatable bonds is 8. The van der Waals surface area contributed by atoms with Crippen molar-refractivity contribution in [2.45, 2.75) is 32.6 Å². The quantitative estimate of drug-likeness (QED) is 0.573. The summed E-state index contributed by atoms with van der Waals surface area (Å²) in [6, 6.07) is 13.8. The number of para-hydroxylation sites is 1. The zero-order valence-corrected chi connectivity index (χ0v) is 13.8. The van der Waals surface area contributed by atoms with Crippen molar-refractivity contribution in [1.29, 1.82) is 0 Å². The molecule has 1 unspecified atom stereocenters. The van der Waals surface area contributed by atoms with E-state index >= 15 is 0 Å². The highest BCUT2D eigenvalue weighted by Crippen LogP contribution is 2.20. The fraction of sp³-hybridized carbons (Fsp3) is 0.333. The van der Waals surface area contributed by atoms with Crippen molar-refractivity contribution in [3.8, 4) is 5.75 Å². The molecular formula is C18H22N2O4. The predicted molar refractivity (Wildman–Crippen MR) is 92.0 cm³/mol. The Bertz CT molecular complexity index is 671. The van der Waals surface area contributed by atoms with Gasteiger partial charge in [-0.2, -0.15) is 0 Å². The summed E-state index contributed by atoms with van der Waals surface area (Å²) < 4.78 is 5.56. The number of nitrogens with one attached hydrogen (secondary N) is 1. The normalized spacial score (nSPS) is 12.2. The molecule has 1 atom stereocenters. The molecule has 0 radical (unpaired) electrons. The summed E-state index contributed by atoms with van der Waals surface area (Å²) in [5.41, 5.74) is 1.44. The summed E-state index contributed by atoms with van der Waals surface area (Å²) in [6.45, 7) is 4.53. The van der Waals surface area contributed by atoms with Gasteiger partial charge in [-0.05, 0) is 31.5 Å². The van der Waals surface area contributed by atoms with Gasteiger partial charge < -0.3 is 15.2 Å². The minimum atomic E-state index is -0.694. The highest BCUT2D eigenvalue weighted by atomic mass is 16.6. The number of aliphatic hydroxyl groups is 1. The van der Waals surface area contributed by atoms with Crippen LogP contribution in [0.2, 0.25) is 0 Å². The Morgan fingerprint density at radius 2 is 1.83 bits per heavy atom. The Morgan fingerprint density at radius 1 is 1.17 bits per heavy atom. The molecule has 0 spiro atoms. The molecule has 6 heteroatoms. The Morgan fingerprint density at radius 3 is 2.46 bits per heavy atom. The molecular weight excluding hydrogens is 308 g/mol. The molecule has 0 fully saturated rings. The van der Waals surface area contributed by atoms with Gasteiger partial charge in [0.2, 0.25) is 0 Å². The van der Waals surface area contributed by atoms with Crippen LogP contribution < -0.4 is 10.1 Å². The molecule has 0 heterocycles. The monoisotopic (exact) mass is 330 g/mol. The first-order valence-electron chi connectivity index (χ1n) is 7.85. The molecule has 0 saturated heterocycles. The van der Waals surface area contributed by atoms with Gasteiger partial charge in [0, 0.05) is 24.7 Å². The van der Waals surface area contributed by atoms with Crippen molar-refractivity contribution in [2.24, 2.45) is 0 Å². The molecule has 128 valence electrons. The van der Waals surface area contributed by atoms with E-state index in [4.69, 9.17) is 4.74 Å². The van der Waals surface area contributed by atoms with E-state index in [9.17, 15) is 15.2 Å². The van der Waals surface area contributed by atoms with Crippen LogP contribution in [0.5, 0.6) is 5.75 Å². The topological polar surface area (TPSA) is 84.6 Å². The number of nitro benzene ring substituents is 1. The molecule has 0 aromatic heterocycles. The van der Waals surface area contributed by atoms with E-state index in [1.54, 1.807) is 18.2 Å². The Labute approximate surface area is 141 Å². The standard InChI is InChI=1S/C18H22N2O4/c1-13(2)24-16-9-7-14(8-10-16)18(21)12-19-11-15-5-3-4-6-17(15)20(22)23/h3-10,13,18-19,21H,11-12H2,1-2H3.